The predicted molar refractivity (Wildman–Crippen MR) is 67.4 cm³/mol. The van der Waals surface area contributed by atoms with E-state index in [1.807, 2.05) is 6.07 Å². The molecule has 3 heteroatoms. The van der Waals surface area contributed by atoms with Gasteiger partial charge in [-0.1, -0.05) is 20.8 Å². The molecule has 17 heavy (non-hydrogen) atoms. The highest BCUT2D eigenvalue weighted by Gasteiger charge is 2.54. The fourth-order valence-electron chi connectivity index (χ4n) is 2.62. The van der Waals surface area contributed by atoms with Crippen LogP contribution >= 0.6 is 0 Å². The lowest BCUT2D eigenvalue weighted by atomic mass is 9.95. The second-order valence-corrected chi connectivity index (χ2v) is 5.34. The fourth-order valence-corrected chi connectivity index (χ4v) is 2.62. The molecule has 2 unspecified atom stereocenters. The number of halogens is 1. The third-order valence-electron chi connectivity index (χ3n) is 3.87. The molecule has 0 aliphatic heterocycles. The highest BCUT2D eigenvalue weighted by atomic mass is 19.1. The summed E-state index contributed by atoms with van der Waals surface area (Å²) in [7, 11) is 0. The zero-order valence-electron chi connectivity index (χ0n) is 10.8. The van der Waals surface area contributed by atoms with Gasteiger partial charge in [-0.2, -0.15) is 0 Å². The Balaban J connectivity index is 2.05. The molecule has 1 saturated carbocycles. The van der Waals surface area contributed by atoms with Crippen molar-refractivity contribution in [2.45, 2.75) is 45.1 Å². The van der Waals surface area contributed by atoms with Gasteiger partial charge >= 0.3 is 0 Å². The first-order valence-electron chi connectivity index (χ1n) is 6.44. The van der Waals surface area contributed by atoms with E-state index in [1.54, 1.807) is 0 Å². The van der Waals surface area contributed by atoms with Crippen LogP contribution in [-0.4, -0.2) is 17.6 Å². The van der Waals surface area contributed by atoms with Crippen molar-refractivity contribution in [3.8, 4) is 0 Å². The van der Waals surface area contributed by atoms with E-state index in [1.165, 1.54) is 18.7 Å². The standard InChI is InChI=1S/C14H21FN2/c1-4-14(7-11(14)8-16-10(2)3)13-6-5-12(15)9-17-13/h5-6,9-11,16H,4,7-8H2,1-3H3. The molecule has 0 radical (unpaired) electrons. The summed E-state index contributed by atoms with van der Waals surface area (Å²) < 4.78 is 12.9. The molecule has 0 spiro atoms. The summed E-state index contributed by atoms with van der Waals surface area (Å²) in [6, 6.07) is 3.88. The van der Waals surface area contributed by atoms with Gasteiger partial charge in [0.2, 0.25) is 0 Å². The summed E-state index contributed by atoms with van der Waals surface area (Å²) in [5, 5.41) is 3.48. The molecule has 1 aromatic rings. The Labute approximate surface area is 103 Å². The SMILES string of the molecule is CCC1(c2ccc(F)cn2)CC1CNC(C)C. The maximum Gasteiger partial charge on any atom is 0.141 e. The molecule has 1 aliphatic rings. The lowest BCUT2D eigenvalue weighted by Crippen LogP contribution is -2.27. The number of nitrogens with zero attached hydrogens (tertiary/aromatic N) is 1. The van der Waals surface area contributed by atoms with Crippen LogP contribution < -0.4 is 5.32 Å². The highest BCUT2D eigenvalue weighted by molar-refractivity contribution is 5.28. The molecule has 1 aromatic heterocycles. The Morgan fingerprint density at radius 1 is 1.53 bits per heavy atom. The zero-order valence-corrected chi connectivity index (χ0v) is 10.8. The molecule has 1 fully saturated rings. The molecular weight excluding hydrogens is 215 g/mol. The monoisotopic (exact) mass is 236 g/mol. The van der Waals surface area contributed by atoms with Crippen molar-refractivity contribution in [1.82, 2.24) is 10.3 Å². The van der Waals surface area contributed by atoms with Crippen LogP contribution in [-0.2, 0) is 5.41 Å². The van der Waals surface area contributed by atoms with Gasteiger partial charge in [0.15, 0.2) is 0 Å². The van der Waals surface area contributed by atoms with Crippen LogP contribution in [0.5, 0.6) is 0 Å². The first kappa shape index (κ1) is 12.5. The maximum absolute atomic E-state index is 12.9. The second-order valence-electron chi connectivity index (χ2n) is 5.34. The Morgan fingerprint density at radius 3 is 2.82 bits per heavy atom. The minimum Gasteiger partial charge on any atom is -0.314 e. The topological polar surface area (TPSA) is 24.9 Å². The summed E-state index contributed by atoms with van der Waals surface area (Å²) >= 11 is 0. The Morgan fingerprint density at radius 2 is 2.29 bits per heavy atom. The van der Waals surface area contributed by atoms with Crippen LogP contribution in [0, 0.1) is 11.7 Å². The number of nitrogens with one attached hydrogen (secondary N) is 1. The Kier molecular flexibility index (Phi) is 3.48. The molecule has 2 atom stereocenters. The summed E-state index contributed by atoms with van der Waals surface area (Å²) in [6.07, 6.45) is 3.58. The van der Waals surface area contributed by atoms with Crippen LogP contribution in [0.1, 0.15) is 39.3 Å². The predicted octanol–water partition coefficient (Wildman–Crippen LogP) is 2.89. The number of aromatic nitrogens is 1. The van der Waals surface area contributed by atoms with Gasteiger partial charge in [0.25, 0.3) is 0 Å². The highest BCUT2D eigenvalue weighted by Crippen LogP contribution is 2.55. The summed E-state index contributed by atoms with van der Waals surface area (Å²) in [5.74, 6) is 0.394. The lowest BCUT2D eigenvalue weighted by Gasteiger charge is -2.16. The number of hydrogen-bond acceptors (Lipinski definition) is 2. The van der Waals surface area contributed by atoms with Crippen LogP contribution in [0.4, 0.5) is 4.39 Å². The van der Waals surface area contributed by atoms with E-state index >= 15 is 0 Å². The van der Waals surface area contributed by atoms with E-state index in [0.717, 1.165) is 18.7 Å². The average molecular weight is 236 g/mol. The molecule has 2 nitrogen and oxygen atoms in total. The first-order chi connectivity index (χ1) is 8.08. The van der Waals surface area contributed by atoms with E-state index in [-0.39, 0.29) is 11.2 Å². The molecule has 2 rings (SSSR count). The molecule has 0 bridgehead atoms. The molecule has 1 aliphatic carbocycles. The van der Waals surface area contributed by atoms with Crippen molar-refractivity contribution in [3.05, 3.63) is 29.8 Å². The lowest BCUT2D eigenvalue weighted by molar-refractivity contribution is 0.498. The van der Waals surface area contributed by atoms with Crippen molar-refractivity contribution in [1.29, 1.82) is 0 Å². The molecule has 1 heterocycles. The number of pyridine rings is 1. The van der Waals surface area contributed by atoms with Crippen LogP contribution in [0.25, 0.3) is 0 Å². The quantitative estimate of drug-likeness (QED) is 0.850. The summed E-state index contributed by atoms with van der Waals surface area (Å²) in [6.45, 7) is 7.54. The maximum atomic E-state index is 12.9. The first-order valence-corrected chi connectivity index (χ1v) is 6.44. The zero-order chi connectivity index (χ0) is 12.5. The van der Waals surface area contributed by atoms with Gasteiger partial charge in [-0.3, -0.25) is 4.98 Å². The van der Waals surface area contributed by atoms with Gasteiger partial charge in [0, 0.05) is 17.2 Å². The van der Waals surface area contributed by atoms with E-state index < -0.39 is 0 Å². The van der Waals surface area contributed by atoms with E-state index in [2.05, 4.69) is 31.1 Å². The smallest absolute Gasteiger partial charge is 0.141 e. The Bertz CT molecular complexity index is 374. The second kappa shape index (κ2) is 4.73. The minimum atomic E-state index is -0.252. The Hall–Kier alpha value is -0.960. The van der Waals surface area contributed by atoms with Crippen molar-refractivity contribution < 1.29 is 4.39 Å². The fraction of sp³-hybridized carbons (Fsp3) is 0.643. The normalized spacial score (nSPS) is 27.5. The van der Waals surface area contributed by atoms with Gasteiger partial charge < -0.3 is 5.32 Å². The van der Waals surface area contributed by atoms with Crippen LogP contribution in [0.15, 0.2) is 18.3 Å². The molecule has 0 saturated heterocycles. The van der Waals surface area contributed by atoms with Gasteiger partial charge in [-0.05, 0) is 37.4 Å². The number of hydrogen-bond donors (Lipinski definition) is 1. The van der Waals surface area contributed by atoms with E-state index in [9.17, 15) is 4.39 Å². The number of rotatable bonds is 5. The molecule has 94 valence electrons. The average Bonchev–Trinajstić information content (AvgIpc) is 3.02. The van der Waals surface area contributed by atoms with Crippen molar-refractivity contribution in [2.24, 2.45) is 5.92 Å². The van der Waals surface area contributed by atoms with Crippen molar-refractivity contribution in [3.63, 3.8) is 0 Å². The van der Waals surface area contributed by atoms with Gasteiger partial charge in [-0.25, -0.2) is 4.39 Å². The van der Waals surface area contributed by atoms with Crippen molar-refractivity contribution in [2.75, 3.05) is 6.54 Å². The van der Waals surface area contributed by atoms with E-state index in [0.29, 0.717) is 12.0 Å². The van der Waals surface area contributed by atoms with Crippen molar-refractivity contribution >= 4 is 0 Å². The molecule has 1 N–H and O–H groups in total. The molecule has 0 aromatic carbocycles. The van der Waals surface area contributed by atoms with E-state index in [4.69, 9.17) is 0 Å². The molecule has 0 amide bonds. The summed E-state index contributed by atoms with van der Waals surface area (Å²) in [4.78, 5) is 4.26. The van der Waals surface area contributed by atoms with Gasteiger partial charge in [-0.15, -0.1) is 0 Å². The van der Waals surface area contributed by atoms with Crippen LogP contribution in [0.3, 0.4) is 0 Å². The summed E-state index contributed by atoms with van der Waals surface area (Å²) in [5.41, 5.74) is 1.24. The van der Waals surface area contributed by atoms with Gasteiger partial charge in [0.05, 0.1) is 6.20 Å². The third kappa shape index (κ3) is 2.49. The third-order valence-corrected chi connectivity index (χ3v) is 3.87. The van der Waals surface area contributed by atoms with Crippen LogP contribution in [0.2, 0.25) is 0 Å². The minimum absolute atomic E-state index is 0.190. The molecular formula is C14H21FN2. The largest absolute Gasteiger partial charge is 0.314 e. The van der Waals surface area contributed by atoms with Gasteiger partial charge in [0.1, 0.15) is 5.82 Å².